The van der Waals surface area contributed by atoms with Crippen molar-refractivity contribution in [1.29, 1.82) is 0 Å². The minimum Gasteiger partial charge on any atom is -0.481 e. The van der Waals surface area contributed by atoms with Crippen LogP contribution in [0.4, 0.5) is 0 Å². The summed E-state index contributed by atoms with van der Waals surface area (Å²) in [6.45, 7) is 4.27. The average Bonchev–Trinajstić information content (AvgIpc) is 2.76. The molecule has 0 bridgehead atoms. The standard InChI is InChI=1S/C14H20BrNO3/c1-2-5-14(13(17)18)6-3-7-16(10-14)9-12-11(15)4-8-19-12/h4,8H,2-3,5-7,9-10H2,1H3,(H,17,18). The first-order chi connectivity index (χ1) is 9.07. The number of halogens is 1. The summed E-state index contributed by atoms with van der Waals surface area (Å²) < 4.78 is 6.37. The van der Waals surface area contributed by atoms with Crippen molar-refractivity contribution in [2.45, 2.75) is 39.2 Å². The fraction of sp³-hybridized carbons (Fsp3) is 0.643. The van der Waals surface area contributed by atoms with Crippen LogP contribution in [0.5, 0.6) is 0 Å². The Morgan fingerprint density at radius 1 is 1.63 bits per heavy atom. The molecule has 1 N–H and O–H groups in total. The molecule has 0 amide bonds. The van der Waals surface area contributed by atoms with Crippen LogP contribution in [0.1, 0.15) is 38.4 Å². The van der Waals surface area contributed by atoms with Gasteiger partial charge in [-0.1, -0.05) is 13.3 Å². The van der Waals surface area contributed by atoms with Gasteiger partial charge in [-0.2, -0.15) is 0 Å². The fourth-order valence-corrected chi connectivity index (χ4v) is 3.29. The smallest absolute Gasteiger partial charge is 0.310 e. The van der Waals surface area contributed by atoms with E-state index in [0.29, 0.717) is 13.1 Å². The lowest BCUT2D eigenvalue weighted by Crippen LogP contribution is -2.47. The summed E-state index contributed by atoms with van der Waals surface area (Å²) in [5.74, 6) is 0.218. The second-order valence-corrected chi connectivity index (χ2v) is 6.20. The van der Waals surface area contributed by atoms with Gasteiger partial charge in [0.15, 0.2) is 0 Å². The average molecular weight is 330 g/mol. The number of hydrogen-bond acceptors (Lipinski definition) is 3. The van der Waals surface area contributed by atoms with Crippen molar-refractivity contribution in [1.82, 2.24) is 4.90 Å². The number of furan rings is 1. The molecule has 4 nitrogen and oxygen atoms in total. The Hall–Kier alpha value is -0.810. The molecular weight excluding hydrogens is 310 g/mol. The SMILES string of the molecule is CCCC1(C(=O)O)CCCN(Cc2occc2Br)C1. The molecule has 0 radical (unpaired) electrons. The third kappa shape index (κ3) is 3.20. The third-order valence-electron chi connectivity index (χ3n) is 3.90. The largest absolute Gasteiger partial charge is 0.481 e. The lowest BCUT2D eigenvalue weighted by molar-refractivity contribution is -0.153. The summed E-state index contributed by atoms with van der Waals surface area (Å²) in [5, 5.41) is 9.56. The second-order valence-electron chi connectivity index (χ2n) is 5.34. The minimum absolute atomic E-state index is 0.577. The molecule has 1 aliphatic heterocycles. The fourth-order valence-electron chi connectivity index (χ4n) is 2.97. The van der Waals surface area contributed by atoms with Crippen LogP contribution < -0.4 is 0 Å². The summed E-state index contributed by atoms with van der Waals surface area (Å²) in [5.41, 5.74) is -0.577. The number of carbonyl (C=O) groups is 1. The molecule has 1 fully saturated rings. The monoisotopic (exact) mass is 329 g/mol. The van der Waals surface area contributed by atoms with E-state index in [-0.39, 0.29) is 0 Å². The van der Waals surface area contributed by atoms with Gasteiger partial charge in [0.25, 0.3) is 0 Å². The quantitative estimate of drug-likeness (QED) is 0.898. The number of nitrogens with zero attached hydrogens (tertiary/aromatic N) is 1. The topological polar surface area (TPSA) is 53.7 Å². The Morgan fingerprint density at radius 3 is 3.00 bits per heavy atom. The van der Waals surface area contributed by atoms with E-state index in [9.17, 15) is 9.90 Å². The highest BCUT2D eigenvalue weighted by Gasteiger charge is 2.41. The van der Waals surface area contributed by atoms with Gasteiger partial charge in [0.2, 0.25) is 0 Å². The molecule has 0 aromatic carbocycles. The van der Waals surface area contributed by atoms with Crippen molar-refractivity contribution in [2.24, 2.45) is 5.41 Å². The van der Waals surface area contributed by atoms with E-state index in [0.717, 1.165) is 42.5 Å². The lowest BCUT2D eigenvalue weighted by Gasteiger charge is -2.39. The molecule has 5 heteroatoms. The number of piperidine rings is 1. The lowest BCUT2D eigenvalue weighted by atomic mass is 9.76. The van der Waals surface area contributed by atoms with Gasteiger partial charge in [-0.05, 0) is 47.8 Å². The highest BCUT2D eigenvalue weighted by atomic mass is 79.9. The zero-order chi connectivity index (χ0) is 13.9. The van der Waals surface area contributed by atoms with Crippen molar-refractivity contribution in [3.63, 3.8) is 0 Å². The molecule has 1 unspecified atom stereocenters. The Labute approximate surface area is 121 Å². The van der Waals surface area contributed by atoms with E-state index in [4.69, 9.17) is 4.42 Å². The predicted octanol–water partition coefficient (Wildman–Crippen LogP) is 3.51. The van der Waals surface area contributed by atoms with Crippen molar-refractivity contribution in [3.05, 3.63) is 22.6 Å². The second kappa shape index (κ2) is 6.09. The molecule has 2 heterocycles. The molecule has 19 heavy (non-hydrogen) atoms. The van der Waals surface area contributed by atoms with Crippen LogP contribution in [-0.4, -0.2) is 29.1 Å². The van der Waals surface area contributed by atoms with Crippen molar-refractivity contribution < 1.29 is 14.3 Å². The molecule has 1 saturated heterocycles. The summed E-state index contributed by atoms with van der Waals surface area (Å²) >= 11 is 3.44. The number of rotatable bonds is 5. The summed E-state index contributed by atoms with van der Waals surface area (Å²) in [4.78, 5) is 13.8. The number of aliphatic carboxylic acids is 1. The van der Waals surface area contributed by atoms with Crippen LogP contribution in [0.3, 0.4) is 0 Å². The van der Waals surface area contributed by atoms with Gasteiger partial charge >= 0.3 is 5.97 Å². The molecule has 0 spiro atoms. The number of likely N-dealkylation sites (tertiary alicyclic amines) is 1. The van der Waals surface area contributed by atoms with Gasteiger partial charge in [0.1, 0.15) is 5.76 Å². The molecule has 106 valence electrons. The molecule has 0 saturated carbocycles. The van der Waals surface area contributed by atoms with Crippen molar-refractivity contribution >= 4 is 21.9 Å². The maximum Gasteiger partial charge on any atom is 0.310 e. The predicted molar refractivity (Wildman–Crippen MR) is 75.9 cm³/mol. The Morgan fingerprint density at radius 2 is 2.42 bits per heavy atom. The molecule has 0 aliphatic carbocycles. The zero-order valence-corrected chi connectivity index (χ0v) is 12.8. The van der Waals surface area contributed by atoms with Crippen LogP contribution in [0.2, 0.25) is 0 Å². The maximum absolute atomic E-state index is 11.6. The zero-order valence-electron chi connectivity index (χ0n) is 11.2. The minimum atomic E-state index is -0.655. The van der Waals surface area contributed by atoms with E-state index in [1.807, 2.05) is 13.0 Å². The van der Waals surface area contributed by atoms with E-state index in [1.165, 1.54) is 0 Å². The van der Waals surface area contributed by atoms with Crippen LogP contribution >= 0.6 is 15.9 Å². The van der Waals surface area contributed by atoms with Gasteiger partial charge in [-0.3, -0.25) is 9.69 Å². The van der Waals surface area contributed by atoms with Crippen LogP contribution in [0.25, 0.3) is 0 Å². The molecule has 1 atom stereocenters. The summed E-state index contributed by atoms with van der Waals surface area (Å²) in [7, 11) is 0. The van der Waals surface area contributed by atoms with Gasteiger partial charge < -0.3 is 9.52 Å². The maximum atomic E-state index is 11.6. The summed E-state index contributed by atoms with van der Waals surface area (Å²) in [6.07, 6.45) is 5.03. The van der Waals surface area contributed by atoms with Crippen LogP contribution in [0, 0.1) is 5.41 Å². The number of carboxylic acid groups (broad SMARTS) is 1. The first-order valence-corrected chi connectivity index (χ1v) is 7.54. The van der Waals surface area contributed by atoms with E-state index >= 15 is 0 Å². The van der Waals surface area contributed by atoms with E-state index < -0.39 is 11.4 Å². The molecule has 2 rings (SSSR count). The normalized spacial score (nSPS) is 24.5. The van der Waals surface area contributed by atoms with Crippen LogP contribution in [-0.2, 0) is 11.3 Å². The molecule has 1 aromatic heterocycles. The Kier molecular flexibility index (Phi) is 4.68. The Bertz CT molecular complexity index is 442. The van der Waals surface area contributed by atoms with Gasteiger partial charge in [0, 0.05) is 6.54 Å². The van der Waals surface area contributed by atoms with E-state index in [2.05, 4.69) is 20.8 Å². The van der Waals surface area contributed by atoms with E-state index in [1.54, 1.807) is 6.26 Å². The van der Waals surface area contributed by atoms with Crippen molar-refractivity contribution in [2.75, 3.05) is 13.1 Å². The molecular formula is C14H20BrNO3. The number of carboxylic acids is 1. The first-order valence-electron chi connectivity index (χ1n) is 6.75. The Balaban J connectivity index is 2.07. The van der Waals surface area contributed by atoms with Gasteiger partial charge in [-0.15, -0.1) is 0 Å². The summed E-state index contributed by atoms with van der Waals surface area (Å²) in [6, 6.07) is 1.87. The molecule has 1 aliphatic rings. The van der Waals surface area contributed by atoms with Gasteiger partial charge in [-0.25, -0.2) is 0 Å². The molecule has 1 aromatic rings. The third-order valence-corrected chi connectivity index (χ3v) is 4.60. The van der Waals surface area contributed by atoms with Gasteiger partial charge in [0.05, 0.1) is 22.7 Å². The first kappa shape index (κ1) is 14.6. The van der Waals surface area contributed by atoms with Crippen LogP contribution in [0.15, 0.2) is 21.2 Å². The van der Waals surface area contributed by atoms with Crippen molar-refractivity contribution in [3.8, 4) is 0 Å². The highest BCUT2D eigenvalue weighted by Crippen LogP contribution is 2.36. The highest BCUT2D eigenvalue weighted by molar-refractivity contribution is 9.10. The number of hydrogen-bond donors (Lipinski definition) is 1.